The van der Waals surface area contributed by atoms with Gasteiger partial charge in [0.15, 0.2) is 0 Å². The van der Waals surface area contributed by atoms with E-state index in [1.54, 1.807) is 18.4 Å². The van der Waals surface area contributed by atoms with Crippen LogP contribution >= 0.6 is 22.9 Å². The second-order valence-corrected chi connectivity index (χ2v) is 5.47. The van der Waals surface area contributed by atoms with E-state index in [2.05, 4.69) is 5.43 Å². The lowest BCUT2D eigenvalue weighted by Crippen LogP contribution is -2.29. The summed E-state index contributed by atoms with van der Waals surface area (Å²) in [6.45, 7) is 1.03. The Morgan fingerprint density at radius 1 is 1.30 bits per heavy atom. The van der Waals surface area contributed by atoms with Gasteiger partial charge >= 0.3 is 0 Å². The quantitative estimate of drug-likeness (QED) is 0.469. The number of para-hydroxylation sites is 1. The molecule has 0 bridgehead atoms. The van der Waals surface area contributed by atoms with E-state index in [4.69, 9.17) is 26.9 Å². The second-order valence-electron chi connectivity index (χ2n) is 4.11. The molecule has 4 nitrogen and oxygen atoms in total. The summed E-state index contributed by atoms with van der Waals surface area (Å²) < 4.78 is 10.7. The molecule has 0 amide bonds. The number of methoxy groups -OCH3 is 1. The van der Waals surface area contributed by atoms with Crippen LogP contribution in [0.1, 0.15) is 16.5 Å². The molecule has 0 fully saturated rings. The first-order valence-corrected chi connectivity index (χ1v) is 7.43. The summed E-state index contributed by atoms with van der Waals surface area (Å²) in [6, 6.07) is 9.43. The van der Waals surface area contributed by atoms with Gasteiger partial charge in [-0.1, -0.05) is 29.8 Å². The van der Waals surface area contributed by atoms with Crippen molar-refractivity contribution in [3.8, 4) is 5.75 Å². The standard InChI is InChI=1S/C14H17ClN2O2S/c1-18-7-8-19-12-5-3-2-4-10(12)13(17-16)14-11(15)6-9-20-14/h2-6,9,13,17H,7-8,16H2,1H3. The van der Waals surface area contributed by atoms with Crippen molar-refractivity contribution in [2.24, 2.45) is 5.84 Å². The van der Waals surface area contributed by atoms with Crippen molar-refractivity contribution in [1.82, 2.24) is 5.43 Å². The van der Waals surface area contributed by atoms with Crippen molar-refractivity contribution >= 4 is 22.9 Å². The van der Waals surface area contributed by atoms with Gasteiger partial charge in [-0.25, -0.2) is 5.43 Å². The molecule has 1 aromatic heterocycles. The first-order chi connectivity index (χ1) is 9.77. The highest BCUT2D eigenvalue weighted by atomic mass is 35.5. The molecule has 2 aromatic rings. The molecule has 2 rings (SSSR count). The normalized spacial score (nSPS) is 12.3. The average Bonchev–Trinajstić information content (AvgIpc) is 2.88. The SMILES string of the molecule is COCCOc1ccccc1C(NN)c1sccc1Cl. The molecule has 6 heteroatoms. The van der Waals surface area contributed by atoms with E-state index in [0.717, 1.165) is 16.2 Å². The zero-order valence-corrected chi connectivity index (χ0v) is 12.7. The summed E-state index contributed by atoms with van der Waals surface area (Å²) >= 11 is 7.76. The van der Waals surface area contributed by atoms with Crippen LogP contribution < -0.4 is 16.0 Å². The molecule has 0 spiro atoms. The van der Waals surface area contributed by atoms with Gasteiger partial charge in [0.05, 0.1) is 17.7 Å². The summed E-state index contributed by atoms with van der Waals surface area (Å²) in [4.78, 5) is 0.969. The third kappa shape index (κ3) is 3.50. The predicted octanol–water partition coefficient (Wildman–Crippen LogP) is 2.98. The fourth-order valence-corrected chi connectivity index (χ4v) is 3.15. The third-order valence-corrected chi connectivity index (χ3v) is 4.27. The molecular formula is C14H17ClN2O2S. The lowest BCUT2D eigenvalue weighted by Gasteiger charge is -2.19. The molecule has 0 aliphatic rings. The van der Waals surface area contributed by atoms with E-state index in [1.165, 1.54) is 0 Å². The van der Waals surface area contributed by atoms with Crippen LogP contribution in [0.3, 0.4) is 0 Å². The monoisotopic (exact) mass is 312 g/mol. The van der Waals surface area contributed by atoms with E-state index in [9.17, 15) is 0 Å². The van der Waals surface area contributed by atoms with Crippen molar-refractivity contribution < 1.29 is 9.47 Å². The smallest absolute Gasteiger partial charge is 0.124 e. The summed E-state index contributed by atoms with van der Waals surface area (Å²) in [5.74, 6) is 6.48. The highest BCUT2D eigenvalue weighted by Gasteiger charge is 2.20. The number of ether oxygens (including phenoxy) is 2. The van der Waals surface area contributed by atoms with Crippen LogP contribution in [0.2, 0.25) is 5.02 Å². The Morgan fingerprint density at radius 3 is 2.75 bits per heavy atom. The summed E-state index contributed by atoms with van der Waals surface area (Å²) in [6.07, 6.45) is 0. The van der Waals surface area contributed by atoms with Crippen LogP contribution in [0.25, 0.3) is 0 Å². The van der Waals surface area contributed by atoms with Gasteiger partial charge in [0.1, 0.15) is 12.4 Å². The van der Waals surface area contributed by atoms with E-state index in [0.29, 0.717) is 18.2 Å². The Balaban J connectivity index is 2.28. The average molecular weight is 313 g/mol. The van der Waals surface area contributed by atoms with Crippen LogP contribution in [0, 0.1) is 0 Å². The molecule has 1 aromatic carbocycles. The van der Waals surface area contributed by atoms with Gasteiger partial charge in [0.25, 0.3) is 0 Å². The molecule has 108 valence electrons. The third-order valence-electron chi connectivity index (χ3n) is 2.85. The number of hydrogen-bond acceptors (Lipinski definition) is 5. The first kappa shape index (κ1) is 15.3. The number of rotatable bonds is 7. The van der Waals surface area contributed by atoms with Gasteiger partial charge in [0, 0.05) is 17.6 Å². The summed E-state index contributed by atoms with van der Waals surface area (Å²) in [5, 5.41) is 2.64. The largest absolute Gasteiger partial charge is 0.491 e. The molecule has 0 aliphatic carbocycles. The van der Waals surface area contributed by atoms with Crippen LogP contribution in [0.5, 0.6) is 5.75 Å². The Labute approximate surface area is 127 Å². The lowest BCUT2D eigenvalue weighted by atomic mass is 10.0. The van der Waals surface area contributed by atoms with Gasteiger partial charge in [-0.15, -0.1) is 11.3 Å². The van der Waals surface area contributed by atoms with Crippen molar-refractivity contribution in [1.29, 1.82) is 0 Å². The Kier molecular flexibility index (Phi) is 5.82. The fourth-order valence-electron chi connectivity index (χ4n) is 1.90. The highest BCUT2D eigenvalue weighted by molar-refractivity contribution is 7.10. The number of halogens is 1. The molecule has 1 atom stereocenters. The van der Waals surface area contributed by atoms with Gasteiger partial charge in [-0.2, -0.15) is 0 Å². The topological polar surface area (TPSA) is 56.5 Å². The molecule has 0 saturated carbocycles. The fraction of sp³-hybridized carbons (Fsp3) is 0.286. The van der Waals surface area contributed by atoms with Crippen LogP contribution in [-0.4, -0.2) is 20.3 Å². The van der Waals surface area contributed by atoms with Crippen molar-refractivity contribution in [2.45, 2.75) is 6.04 Å². The maximum absolute atomic E-state index is 6.20. The second kappa shape index (κ2) is 7.61. The highest BCUT2D eigenvalue weighted by Crippen LogP contribution is 2.36. The molecule has 3 N–H and O–H groups in total. The van der Waals surface area contributed by atoms with Gasteiger partial charge in [-0.3, -0.25) is 5.84 Å². The molecule has 20 heavy (non-hydrogen) atoms. The number of nitrogens with two attached hydrogens (primary N) is 1. The molecular weight excluding hydrogens is 296 g/mol. The molecule has 1 heterocycles. The number of nitrogens with one attached hydrogen (secondary N) is 1. The van der Waals surface area contributed by atoms with Crippen LogP contribution in [-0.2, 0) is 4.74 Å². The molecule has 1 unspecified atom stereocenters. The van der Waals surface area contributed by atoms with Gasteiger partial charge in [0.2, 0.25) is 0 Å². The minimum absolute atomic E-state index is 0.193. The van der Waals surface area contributed by atoms with Gasteiger partial charge < -0.3 is 9.47 Å². The van der Waals surface area contributed by atoms with Crippen molar-refractivity contribution in [3.05, 3.63) is 51.2 Å². The minimum Gasteiger partial charge on any atom is -0.491 e. The maximum atomic E-state index is 6.20. The molecule has 0 aliphatic heterocycles. The zero-order chi connectivity index (χ0) is 14.4. The summed E-state index contributed by atoms with van der Waals surface area (Å²) in [7, 11) is 1.64. The number of hydrogen-bond donors (Lipinski definition) is 2. The predicted molar refractivity (Wildman–Crippen MR) is 82.3 cm³/mol. The van der Waals surface area contributed by atoms with E-state index < -0.39 is 0 Å². The van der Waals surface area contributed by atoms with E-state index >= 15 is 0 Å². The first-order valence-electron chi connectivity index (χ1n) is 6.17. The zero-order valence-electron chi connectivity index (χ0n) is 11.1. The van der Waals surface area contributed by atoms with E-state index in [1.807, 2.05) is 35.7 Å². The van der Waals surface area contributed by atoms with E-state index in [-0.39, 0.29) is 6.04 Å². The summed E-state index contributed by atoms with van der Waals surface area (Å²) in [5.41, 5.74) is 3.76. The Morgan fingerprint density at radius 2 is 2.10 bits per heavy atom. The number of benzene rings is 1. The lowest BCUT2D eigenvalue weighted by molar-refractivity contribution is 0.145. The van der Waals surface area contributed by atoms with Crippen LogP contribution in [0.15, 0.2) is 35.7 Å². The number of thiophene rings is 1. The van der Waals surface area contributed by atoms with Crippen LogP contribution in [0.4, 0.5) is 0 Å². The minimum atomic E-state index is -0.193. The Hall–Kier alpha value is -1.11. The molecule has 0 radical (unpaired) electrons. The number of hydrazine groups is 1. The molecule has 0 saturated heterocycles. The Bertz CT molecular complexity index is 547. The maximum Gasteiger partial charge on any atom is 0.124 e. The van der Waals surface area contributed by atoms with Crippen molar-refractivity contribution in [3.63, 3.8) is 0 Å². The van der Waals surface area contributed by atoms with Crippen molar-refractivity contribution in [2.75, 3.05) is 20.3 Å². The van der Waals surface area contributed by atoms with Gasteiger partial charge in [-0.05, 0) is 17.5 Å².